The number of anilines is 1. The zero-order chi connectivity index (χ0) is 17.2. The molecule has 8 heteroatoms. The van der Waals surface area contributed by atoms with Crippen molar-refractivity contribution < 1.29 is 18.4 Å². The number of carbonyl (C=O) groups is 2. The Balaban J connectivity index is 1.51. The Hall–Kier alpha value is -2.51. The first-order chi connectivity index (χ1) is 11.4. The Kier molecular flexibility index (Phi) is 4.46. The number of carbonyl (C=O) groups excluding carboxylic acids is 2. The summed E-state index contributed by atoms with van der Waals surface area (Å²) in [6.45, 7) is 0.234. The van der Waals surface area contributed by atoms with Gasteiger partial charge in [-0.25, -0.2) is 8.78 Å². The predicted octanol–water partition coefficient (Wildman–Crippen LogP) is 2.44. The van der Waals surface area contributed by atoms with Crippen molar-refractivity contribution in [1.29, 1.82) is 0 Å². The van der Waals surface area contributed by atoms with Crippen molar-refractivity contribution in [2.45, 2.75) is 31.6 Å². The molecule has 3 N–H and O–H groups in total. The Labute approximate surface area is 137 Å². The SMILES string of the molecule is O=C(NCC1CCC(F)(F)CC1)C(=O)Nc1c[nH]c2ccncc12. The zero-order valence-electron chi connectivity index (χ0n) is 12.9. The molecule has 6 nitrogen and oxygen atoms in total. The quantitative estimate of drug-likeness (QED) is 0.753. The van der Waals surface area contributed by atoms with E-state index in [-0.39, 0.29) is 25.3 Å². The molecule has 1 aliphatic rings. The molecule has 0 spiro atoms. The van der Waals surface area contributed by atoms with E-state index in [9.17, 15) is 18.4 Å². The van der Waals surface area contributed by atoms with Crippen molar-refractivity contribution in [3.63, 3.8) is 0 Å². The molecule has 0 bridgehead atoms. The number of halogens is 2. The van der Waals surface area contributed by atoms with E-state index < -0.39 is 17.7 Å². The third-order valence-corrected chi connectivity index (χ3v) is 4.33. The molecule has 0 aromatic carbocycles. The molecule has 1 saturated carbocycles. The molecule has 0 aliphatic heterocycles. The largest absolute Gasteiger partial charge is 0.359 e. The van der Waals surface area contributed by atoms with E-state index in [4.69, 9.17) is 0 Å². The smallest absolute Gasteiger partial charge is 0.313 e. The van der Waals surface area contributed by atoms with Crippen LogP contribution in [-0.2, 0) is 9.59 Å². The number of aromatic amines is 1. The van der Waals surface area contributed by atoms with Crippen molar-refractivity contribution >= 4 is 28.4 Å². The van der Waals surface area contributed by atoms with Crippen LogP contribution >= 0.6 is 0 Å². The number of hydrogen-bond acceptors (Lipinski definition) is 3. The van der Waals surface area contributed by atoms with Crippen LogP contribution < -0.4 is 10.6 Å². The van der Waals surface area contributed by atoms with Crippen molar-refractivity contribution in [3.05, 3.63) is 24.7 Å². The lowest BCUT2D eigenvalue weighted by Crippen LogP contribution is -2.39. The summed E-state index contributed by atoms with van der Waals surface area (Å²) < 4.78 is 26.2. The number of fused-ring (bicyclic) bond motifs is 1. The van der Waals surface area contributed by atoms with Gasteiger partial charge in [-0.2, -0.15) is 0 Å². The summed E-state index contributed by atoms with van der Waals surface area (Å²) in [7, 11) is 0. The molecule has 0 unspecified atom stereocenters. The van der Waals surface area contributed by atoms with Gasteiger partial charge in [0.25, 0.3) is 0 Å². The lowest BCUT2D eigenvalue weighted by Gasteiger charge is -2.28. The van der Waals surface area contributed by atoms with Crippen LogP contribution in [0.3, 0.4) is 0 Å². The second kappa shape index (κ2) is 6.54. The van der Waals surface area contributed by atoms with E-state index in [1.54, 1.807) is 24.7 Å². The fourth-order valence-electron chi connectivity index (χ4n) is 2.87. The average molecular weight is 336 g/mol. The number of nitrogens with zero attached hydrogens (tertiary/aromatic N) is 1. The summed E-state index contributed by atoms with van der Waals surface area (Å²) in [5.41, 5.74) is 1.26. The first-order valence-electron chi connectivity index (χ1n) is 7.83. The van der Waals surface area contributed by atoms with E-state index in [0.717, 1.165) is 5.52 Å². The minimum Gasteiger partial charge on any atom is -0.359 e. The van der Waals surface area contributed by atoms with Crippen LogP contribution in [0.1, 0.15) is 25.7 Å². The van der Waals surface area contributed by atoms with Crippen molar-refractivity contribution in [2.24, 2.45) is 5.92 Å². The molecule has 2 heterocycles. The summed E-state index contributed by atoms with van der Waals surface area (Å²) in [4.78, 5) is 30.8. The molecule has 0 saturated heterocycles. The van der Waals surface area contributed by atoms with E-state index in [1.165, 1.54) is 0 Å². The number of rotatable bonds is 3. The van der Waals surface area contributed by atoms with Crippen molar-refractivity contribution in [2.75, 3.05) is 11.9 Å². The highest BCUT2D eigenvalue weighted by Gasteiger charge is 2.35. The van der Waals surface area contributed by atoms with Crippen molar-refractivity contribution in [1.82, 2.24) is 15.3 Å². The molecule has 2 aromatic heterocycles. The van der Waals surface area contributed by atoms with Crippen LogP contribution in [0.15, 0.2) is 24.7 Å². The Morgan fingerprint density at radius 1 is 1.29 bits per heavy atom. The normalized spacial score (nSPS) is 17.6. The molecule has 1 aliphatic carbocycles. The molecule has 128 valence electrons. The molecular weight excluding hydrogens is 318 g/mol. The van der Waals surface area contributed by atoms with Gasteiger partial charge in [-0.15, -0.1) is 0 Å². The van der Waals surface area contributed by atoms with Crippen molar-refractivity contribution in [3.8, 4) is 0 Å². The third-order valence-electron chi connectivity index (χ3n) is 4.33. The predicted molar refractivity (Wildman–Crippen MR) is 84.6 cm³/mol. The van der Waals surface area contributed by atoms with Crippen LogP contribution in [0.5, 0.6) is 0 Å². The van der Waals surface area contributed by atoms with Crippen LogP contribution in [0.4, 0.5) is 14.5 Å². The zero-order valence-corrected chi connectivity index (χ0v) is 12.9. The number of hydrogen-bond donors (Lipinski definition) is 3. The molecule has 0 atom stereocenters. The third kappa shape index (κ3) is 3.69. The number of H-pyrrole nitrogens is 1. The van der Waals surface area contributed by atoms with Crippen LogP contribution in [0.25, 0.3) is 10.9 Å². The van der Waals surface area contributed by atoms with E-state index in [0.29, 0.717) is 23.9 Å². The van der Waals surface area contributed by atoms with Gasteiger partial charge in [0.1, 0.15) is 0 Å². The first kappa shape index (κ1) is 16.4. The molecular formula is C16H18F2N4O2. The molecule has 2 amide bonds. The Morgan fingerprint density at radius 3 is 2.79 bits per heavy atom. The first-order valence-corrected chi connectivity index (χ1v) is 7.83. The summed E-state index contributed by atoms with van der Waals surface area (Å²) >= 11 is 0. The maximum Gasteiger partial charge on any atom is 0.313 e. The average Bonchev–Trinajstić information content (AvgIpc) is 2.97. The number of amides is 2. The summed E-state index contributed by atoms with van der Waals surface area (Å²) in [6, 6.07) is 1.75. The van der Waals surface area contributed by atoms with E-state index >= 15 is 0 Å². The summed E-state index contributed by atoms with van der Waals surface area (Å²) in [6.07, 6.45) is 5.16. The second-order valence-corrected chi connectivity index (χ2v) is 6.09. The topological polar surface area (TPSA) is 86.9 Å². The lowest BCUT2D eigenvalue weighted by atomic mass is 9.87. The highest BCUT2D eigenvalue weighted by molar-refractivity contribution is 6.40. The Bertz CT molecular complexity index is 749. The second-order valence-electron chi connectivity index (χ2n) is 6.09. The number of alkyl halides is 2. The van der Waals surface area contributed by atoms with Gasteiger partial charge in [0, 0.05) is 43.4 Å². The molecule has 3 rings (SSSR count). The number of aromatic nitrogens is 2. The summed E-state index contributed by atoms with van der Waals surface area (Å²) in [5, 5.41) is 5.74. The molecule has 24 heavy (non-hydrogen) atoms. The maximum absolute atomic E-state index is 13.1. The lowest BCUT2D eigenvalue weighted by molar-refractivity contribution is -0.136. The van der Waals surface area contributed by atoms with Gasteiger partial charge in [0.15, 0.2) is 0 Å². The van der Waals surface area contributed by atoms with Gasteiger partial charge < -0.3 is 15.6 Å². The maximum atomic E-state index is 13.1. The van der Waals surface area contributed by atoms with E-state index in [2.05, 4.69) is 20.6 Å². The van der Waals surface area contributed by atoms with Gasteiger partial charge in [-0.1, -0.05) is 0 Å². The van der Waals surface area contributed by atoms with Gasteiger partial charge in [0.05, 0.1) is 11.2 Å². The standard InChI is InChI=1S/C16H18F2N4O2/c17-16(18)4-1-10(2-5-16)7-21-14(23)15(24)22-13-9-20-12-3-6-19-8-11(12)13/h3,6,8-10,20H,1-2,4-5,7H2,(H,21,23)(H,22,24). The van der Waals surface area contributed by atoms with Gasteiger partial charge in [-0.05, 0) is 24.8 Å². The van der Waals surface area contributed by atoms with Gasteiger partial charge in [0.2, 0.25) is 5.92 Å². The van der Waals surface area contributed by atoms with Gasteiger partial charge >= 0.3 is 11.8 Å². The number of nitrogens with one attached hydrogen (secondary N) is 3. The fraction of sp³-hybridized carbons (Fsp3) is 0.438. The molecule has 2 aromatic rings. The number of pyridine rings is 1. The van der Waals surface area contributed by atoms with Crippen LogP contribution in [0.2, 0.25) is 0 Å². The highest BCUT2D eigenvalue weighted by Crippen LogP contribution is 2.35. The monoisotopic (exact) mass is 336 g/mol. The van der Waals surface area contributed by atoms with Crippen LogP contribution in [0, 0.1) is 5.92 Å². The summed E-state index contributed by atoms with van der Waals surface area (Å²) in [5.74, 6) is -4.17. The minimum absolute atomic E-state index is 0.0151. The van der Waals surface area contributed by atoms with Gasteiger partial charge in [-0.3, -0.25) is 14.6 Å². The van der Waals surface area contributed by atoms with E-state index in [1.807, 2.05) is 0 Å². The highest BCUT2D eigenvalue weighted by atomic mass is 19.3. The minimum atomic E-state index is -2.60. The van der Waals surface area contributed by atoms with Crippen LogP contribution in [-0.4, -0.2) is 34.2 Å². The Morgan fingerprint density at radius 2 is 2.04 bits per heavy atom. The fourth-order valence-corrected chi connectivity index (χ4v) is 2.87. The molecule has 1 fully saturated rings. The molecule has 0 radical (unpaired) electrons.